The van der Waals surface area contributed by atoms with Crippen LogP contribution in [-0.2, 0) is 10.0 Å². The summed E-state index contributed by atoms with van der Waals surface area (Å²) >= 11 is 0. The fourth-order valence-corrected chi connectivity index (χ4v) is 3.44. The highest BCUT2D eigenvalue weighted by molar-refractivity contribution is 7.88. The minimum absolute atomic E-state index is 0.301. The molecular formula is C14H24BNO2S. The van der Waals surface area contributed by atoms with E-state index < -0.39 is 10.0 Å². The van der Waals surface area contributed by atoms with E-state index in [1.165, 1.54) is 10.6 Å². The molecule has 0 amide bonds. The van der Waals surface area contributed by atoms with Crippen molar-refractivity contribution in [2.45, 2.75) is 41.5 Å². The van der Waals surface area contributed by atoms with Crippen molar-refractivity contribution in [1.29, 1.82) is 0 Å². The van der Waals surface area contributed by atoms with E-state index in [0.29, 0.717) is 0 Å². The molecule has 1 aliphatic carbocycles. The molecule has 0 aromatic heterocycles. The van der Waals surface area contributed by atoms with Crippen molar-refractivity contribution in [2.75, 3.05) is 13.3 Å². The summed E-state index contributed by atoms with van der Waals surface area (Å²) in [5, 5.41) is 0. The molecule has 1 aliphatic rings. The summed E-state index contributed by atoms with van der Waals surface area (Å²) in [6.45, 7) is 12.1. The average molecular weight is 281 g/mol. The smallest absolute Gasteiger partial charge is 0.231 e. The van der Waals surface area contributed by atoms with Gasteiger partial charge in [0.05, 0.1) is 6.26 Å². The maximum atomic E-state index is 11.9. The van der Waals surface area contributed by atoms with Crippen LogP contribution in [0, 0.1) is 10.8 Å². The molecule has 0 aliphatic heterocycles. The first-order valence-corrected chi connectivity index (χ1v) is 8.23. The molecule has 0 aromatic carbocycles. The van der Waals surface area contributed by atoms with Crippen LogP contribution in [-0.4, -0.2) is 33.9 Å². The Morgan fingerprint density at radius 1 is 1.00 bits per heavy atom. The maximum Gasteiger partial charge on any atom is 0.231 e. The second-order valence-electron chi connectivity index (χ2n) is 6.49. The van der Waals surface area contributed by atoms with Gasteiger partial charge in [-0.2, -0.15) is 0 Å². The van der Waals surface area contributed by atoms with Crippen LogP contribution in [0.1, 0.15) is 41.5 Å². The number of sulfonamides is 1. The van der Waals surface area contributed by atoms with Gasteiger partial charge in [-0.05, 0) is 24.8 Å². The van der Waals surface area contributed by atoms with Crippen molar-refractivity contribution in [3.05, 3.63) is 22.3 Å². The van der Waals surface area contributed by atoms with Gasteiger partial charge in [0.25, 0.3) is 0 Å². The first-order chi connectivity index (χ1) is 8.26. The highest BCUT2D eigenvalue weighted by Gasteiger charge is 2.47. The second kappa shape index (κ2) is 4.40. The molecule has 0 atom stereocenters. The zero-order chi connectivity index (χ0) is 15.4. The van der Waals surface area contributed by atoms with Crippen LogP contribution in [0.15, 0.2) is 22.3 Å². The summed E-state index contributed by atoms with van der Waals surface area (Å²) in [7, 11) is 4.60. The molecule has 19 heavy (non-hydrogen) atoms. The van der Waals surface area contributed by atoms with Crippen molar-refractivity contribution in [1.82, 2.24) is 4.31 Å². The molecule has 0 fully saturated rings. The zero-order valence-corrected chi connectivity index (χ0v) is 14.1. The van der Waals surface area contributed by atoms with Crippen LogP contribution in [0.3, 0.4) is 0 Å². The first-order valence-electron chi connectivity index (χ1n) is 6.38. The van der Waals surface area contributed by atoms with Crippen molar-refractivity contribution < 1.29 is 8.42 Å². The van der Waals surface area contributed by atoms with Crippen molar-refractivity contribution in [3.8, 4) is 0 Å². The summed E-state index contributed by atoms with van der Waals surface area (Å²) in [5.74, 6) is 0. The van der Waals surface area contributed by atoms with Crippen molar-refractivity contribution in [2.24, 2.45) is 10.8 Å². The Bertz CT molecular complexity index is 568. The van der Waals surface area contributed by atoms with E-state index in [1.807, 2.05) is 27.7 Å². The molecule has 0 saturated heterocycles. The van der Waals surface area contributed by atoms with Crippen LogP contribution < -0.4 is 0 Å². The Balaban J connectivity index is 3.69. The molecule has 0 unspecified atom stereocenters. The van der Waals surface area contributed by atoms with Gasteiger partial charge in [0.2, 0.25) is 10.0 Å². The van der Waals surface area contributed by atoms with E-state index in [1.54, 1.807) is 7.05 Å². The van der Waals surface area contributed by atoms with Crippen LogP contribution >= 0.6 is 0 Å². The third kappa shape index (κ3) is 2.26. The third-order valence-electron chi connectivity index (χ3n) is 4.96. The summed E-state index contributed by atoms with van der Waals surface area (Å²) < 4.78 is 25.2. The van der Waals surface area contributed by atoms with Crippen LogP contribution in [0.2, 0.25) is 0 Å². The Morgan fingerprint density at radius 3 is 1.79 bits per heavy atom. The summed E-state index contributed by atoms with van der Waals surface area (Å²) in [5.41, 5.74) is 2.93. The van der Waals surface area contributed by atoms with Crippen LogP contribution in [0.5, 0.6) is 0 Å². The van der Waals surface area contributed by atoms with Crippen LogP contribution in [0.4, 0.5) is 0 Å². The minimum Gasteiger partial charge on any atom is -0.277 e. The van der Waals surface area contributed by atoms with E-state index >= 15 is 0 Å². The van der Waals surface area contributed by atoms with Gasteiger partial charge in [-0.25, -0.2) is 8.42 Å². The number of allylic oxidation sites excluding steroid dienone is 4. The first kappa shape index (κ1) is 16.3. The molecule has 0 N–H and O–H groups in total. The molecule has 0 bridgehead atoms. The standard InChI is InChI=1S/C14H24BNO2S/c1-9-10(2)12(16(7)19(8,17)18)14(5,6)13(3,4)11(9)15/h1-8H3. The second-order valence-corrected chi connectivity index (χ2v) is 8.51. The number of nitrogens with zero attached hydrogens (tertiary/aromatic N) is 1. The molecule has 106 valence electrons. The molecular weight excluding hydrogens is 257 g/mol. The SMILES string of the molecule is [B]C1=C(C)C(C)=C(N(C)S(C)(=O)=O)C(C)(C)C1(C)C. The van der Waals surface area contributed by atoms with Gasteiger partial charge in [0, 0.05) is 18.2 Å². The van der Waals surface area contributed by atoms with Gasteiger partial charge in [-0.3, -0.25) is 4.31 Å². The van der Waals surface area contributed by atoms with E-state index in [-0.39, 0.29) is 10.8 Å². The lowest BCUT2D eigenvalue weighted by molar-refractivity contribution is 0.172. The molecule has 1 rings (SSSR count). The van der Waals surface area contributed by atoms with Gasteiger partial charge in [-0.1, -0.05) is 33.3 Å². The zero-order valence-electron chi connectivity index (χ0n) is 13.2. The van der Waals surface area contributed by atoms with Gasteiger partial charge in [0.1, 0.15) is 7.85 Å². The Kier molecular flexibility index (Phi) is 3.79. The summed E-state index contributed by atoms with van der Waals surface area (Å²) in [6, 6.07) is 0. The Labute approximate surface area is 119 Å². The molecule has 3 nitrogen and oxygen atoms in total. The monoisotopic (exact) mass is 281 g/mol. The molecule has 0 saturated carbocycles. The normalized spacial score (nSPS) is 22.7. The molecule has 2 radical (unpaired) electrons. The maximum absolute atomic E-state index is 11.9. The topological polar surface area (TPSA) is 37.4 Å². The van der Waals surface area contributed by atoms with E-state index in [9.17, 15) is 8.42 Å². The highest BCUT2D eigenvalue weighted by atomic mass is 32.2. The largest absolute Gasteiger partial charge is 0.277 e. The Hall–Kier alpha value is -0.705. The van der Waals surface area contributed by atoms with Gasteiger partial charge in [-0.15, -0.1) is 5.47 Å². The van der Waals surface area contributed by atoms with Gasteiger partial charge < -0.3 is 0 Å². The highest BCUT2D eigenvalue weighted by Crippen LogP contribution is 2.55. The summed E-state index contributed by atoms with van der Waals surface area (Å²) in [6.07, 6.45) is 1.23. The van der Waals surface area contributed by atoms with Gasteiger partial charge in [0.15, 0.2) is 0 Å². The number of rotatable bonds is 2. The van der Waals surface area contributed by atoms with Crippen molar-refractivity contribution in [3.63, 3.8) is 0 Å². The third-order valence-corrected chi connectivity index (χ3v) is 6.14. The van der Waals surface area contributed by atoms with E-state index in [2.05, 4.69) is 13.8 Å². The average Bonchev–Trinajstić information content (AvgIpc) is 2.23. The lowest BCUT2D eigenvalue weighted by Crippen LogP contribution is -2.46. The van der Waals surface area contributed by atoms with Crippen LogP contribution in [0.25, 0.3) is 0 Å². The lowest BCUT2D eigenvalue weighted by Gasteiger charge is -2.51. The summed E-state index contributed by atoms with van der Waals surface area (Å²) in [4.78, 5) is 0. The molecule has 0 heterocycles. The lowest BCUT2D eigenvalue weighted by atomic mass is 9.53. The fourth-order valence-electron chi connectivity index (χ4n) is 2.75. The fraction of sp³-hybridized carbons (Fsp3) is 0.714. The predicted octanol–water partition coefficient (Wildman–Crippen LogP) is 2.66. The predicted molar refractivity (Wildman–Crippen MR) is 81.3 cm³/mol. The number of hydrogen-bond donors (Lipinski definition) is 0. The molecule has 5 heteroatoms. The van der Waals surface area contributed by atoms with E-state index in [0.717, 1.165) is 22.3 Å². The van der Waals surface area contributed by atoms with Crippen molar-refractivity contribution >= 4 is 17.9 Å². The molecule has 0 aromatic rings. The quantitative estimate of drug-likeness (QED) is 0.730. The molecule has 0 spiro atoms. The van der Waals surface area contributed by atoms with E-state index in [4.69, 9.17) is 7.85 Å². The minimum atomic E-state index is -3.29. The number of hydrogen-bond acceptors (Lipinski definition) is 2. The Morgan fingerprint density at radius 2 is 1.42 bits per heavy atom. The van der Waals surface area contributed by atoms with Gasteiger partial charge >= 0.3 is 0 Å².